The molecular formula is CH11NSi3. The zero-order valence-electron chi connectivity index (χ0n) is 4.08. The van der Waals surface area contributed by atoms with Crippen molar-refractivity contribution in [3.8, 4) is 0 Å². The molecule has 0 aromatic rings. The highest BCUT2D eigenvalue weighted by Gasteiger charge is 1.81. The molecule has 0 atom stereocenters. The summed E-state index contributed by atoms with van der Waals surface area (Å²) >= 11 is 0. The van der Waals surface area contributed by atoms with E-state index in [9.17, 15) is 0 Å². The lowest BCUT2D eigenvalue weighted by Gasteiger charge is -1.92. The molecule has 4 heteroatoms. The molecule has 0 rings (SSSR count). The van der Waals surface area contributed by atoms with E-state index in [0.29, 0.717) is 0 Å². The Morgan fingerprint density at radius 3 is 1.80 bits per heavy atom. The van der Waals surface area contributed by atoms with Gasteiger partial charge in [-0.05, 0) is 7.05 Å². The fraction of sp³-hybridized carbons (Fsp3) is 1.00. The molecule has 0 bridgehead atoms. The first-order valence-electron chi connectivity index (χ1n) is 1.94. The van der Waals surface area contributed by atoms with Gasteiger partial charge in [0.15, 0.2) is 0 Å². The molecule has 0 aliphatic carbocycles. The second-order valence-corrected chi connectivity index (χ2v) is 21.7. The minimum Gasteiger partial charge on any atom is -0.348 e. The highest BCUT2D eigenvalue weighted by atomic mass is 29.5. The van der Waals surface area contributed by atoms with Gasteiger partial charge in [0.05, 0.1) is 7.99 Å². The highest BCUT2D eigenvalue weighted by molar-refractivity contribution is 7.28. The van der Waals surface area contributed by atoms with Gasteiger partial charge in [-0.15, -0.1) is 0 Å². The fourth-order valence-electron chi connectivity index (χ4n) is 0. The SMILES string of the molecule is CN[SiH]([SiH3])[SiH3]. The second-order valence-electron chi connectivity index (χ2n) is 1.44. The zero-order chi connectivity index (χ0) is 4.28. The fourth-order valence-corrected chi connectivity index (χ4v) is 0. The van der Waals surface area contributed by atoms with Gasteiger partial charge >= 0.3 is 0 Å². The Hall–Kier alpha value is 0.611. The van der Waals surface area contributed by atoms with E-state index in [1.54, 1.807) is 0 Å². The average molecular weight is 121 g/mol. The summed E-state index contributed by atoms with van der Waals surface area (Å²) in [6.07, 6.45) is 0. The van der Waals surface area contributed by atoms with Crippen LogP contribution in [0.2, 0.25) is 0 Å². The van der Waals surface area contributed by atoms with Gasteiger partial charge in [0, 0.05) is 19.5 Å². The Balaban J connectivity index is 2.54. The van der Waals surface area contributed by atoms with Crippen LogP contribution in [0.25, 0.3) is 0 Å². The van der Waals surface area contributed by atoms with Crippen LogP contribution in [0.3, 0.4) is 0 Å². The van der Waals surface area contributed by atoms with E-state index in [4.69, 9.17) is 0 Å². The number of hydrogen-bond donors (Lipinski definition) is 1. The monoisotopic (exact) mass is 121 g/mol. The number of nitrogens with one attached hydrogen (secondary N) is 1. The van der Waals surface area contributed by atoms with Crippen molar-refractivity contribution < 1.29 is 0 Å². The minimum absolute atomic E-state index is 0.122. The molecule has 0 spiro atoms. The molecule has 0 saturated heterocycles. The summed E-state index contributed by atoms with van der Waals surface area (Å²) < 4.78 is 0. The van der Waals surface area contributed by atoms with Crippen molar-refractivity contribution in [3.63, 3.8) is 0 Å². The summed E-state index contributed by atoms with van der Waals surface area (Å²) in [7, 11) is 4.88. The van der Waals surface area contributed by atoms with Crippen LogP contribution in [-0.4, -0.2) is 34.6 Å². The number of rotatable bonds is 1. The van der Waals surface area contributed by atoms with Crippen LogP contribution < -0.4 is 4.98 Å². The van der Waals surface area contributed by atoms with Crippen LogP contribution >= 0.6 is 0 Å². The summed E-state index contributed by atoms with van der Waals surface area (Å²) in [4.78, 5) is 3.29. The average Bonchev–Trinajstić information content (AvgIpc) is 1.38. The molecule has 0 fully saturated rings. The Bertz CT molecular complexity index is 20.9. The second kappa shape index (κ2) is 2.83. The molecule has 0 heterocycles. The first-order chi connectivity index (χ1) is 2.27. The van der Waals surface area contributed by atoms with Crippen molar-refractivity contribution in [3.05, 3.63) is 0 Å². The van der Waals surface area contributed by atoms with Gasteiger partial charge in [0.25, 0.3) is 0 Å². The maximum Gasteiger partial charge on any atom is 0.0690 e. The quantitative estimate of drug-likeness (QED) is 0.358. The smallest absolute Gasteiger partial charge is 0.0690 e. The van der Waals surface area contributed by atoms with Crippen LogP contribution in [0.5, 0.6) is 0 Å². The molecule has 1 N–H and O–H groups in total. The molecule has 0 aliphatic rings. The standard InChI is InChI=1S/CH11NSi3/c1-2-5(3)4/h2,5H,1,3-4H3. The third-order valence-corrected chi connectivity index (χ3v) is 5.20. The molecule has 1 nitrogen and oxygen atoms in total. The van der Waals surface area contributed by atoms with E-state index in [0.717, 1.165) is 0 Å². The van der Waals surface area contributed by atoms with E-state index in [2.05, 4.69) is 12.0 Å². The molecule has 0 aromatic carbocycles. The van der Waals surface area contributed by atoms with E-state index in [1.165, 1.54) is 19.5 Å². The van der Waals surface area contributed by atoms with Crippen LogP contribution in [0, 0.1) is 0 Å². The van der Waals surface area contributed by atoms with Gasteiger partial charge in [-0.25, -0.2) is 0 Å². The van der Waals surface area contributed by atoms with Crippen molar-refractivity contribution in [2.24, 2.45) is 0 Å². The van der Waals surface area contributed by atoms with Crippen molar-refractivity contribution in [2.75, 3.05) is 7.05 Å². The summed E-state index contributed by atoms with van der Waals surface area (Å²) in [5.74, 6) is 0. The first kappa shape index (κ1) is 5.61. The Morgan fingerprint density at radius 1 is 1.60 bits per heavy atom. The Labute approximate surface area is 40.3 Å². The summed E-state index contributed by atoms with van der Waals surface area (Å²) in [5.41, 5.74) is 0. The molecular weight excluding hydrogens is 110 g/mol. The van der Waals surface area contributed by atoms with E-state index in [1.807, 2.05) is 0 Å². The maximum absolute atomic E-state index is 3.29. The van der Waals surface area contributed by atoms with Gasteiger partial charge in [0.2, 0.25) is 0 Å². The molecule has 5 heavy (non-hydrogen) atoms. The van der Waals surface area contributed by atoms with Crippen LogP contribution in [0.1, 0.15) is 0 Å². The van der Waals surface area contributed by atoms with Crippen molar-refractivity contribution in [1.29, 1.82) is 0 Å². The Morgan fingerprint density at radius 2 is 1.80 bits per heavy atom. The molecule has 0 unspecified atom stereocenters. The molecule has 0 radical (unpaired) electrons. The van der Waals surface area contributed by atoms with Crippen LogP contribution in [0.15, 0.2) is 0 Å². The zero-order valence-corrected chi connectivity index (χ0v) is 9.23. The Kier molecular flexibility index (Phi) is 3.17. The van der Waals surface area contributed by atoms with Crippen molar-refractivity contribution in [2.45, 2.75) is 0 Å². The molecule has 0 aliphatic heterocycles. The molecule has 0 amide bonds. The summed E-state index contributed by atoms with van der Waals surface area (Å²) in [5, 5.41) is 0. The van der Waals surface area contributed by atoms with Crippen molar-refractivity contribution in [1.82, 2.24) is 4.98 Å². The van der Waals surface area contributed by atoms with Crippen molar-refractivity contribution >= 4 is 27.5 Å². The highest BCUT2D eigenvalue weighted by Crippen LogP contribution is 1.41. The normalized spacial score (nSPS) is 16.2. The third kappa shape index (κ3) is 4.61. The molecule has 32 valence electrons. The predicted octanol–water partition coefficient (Wildman–Crippen LogP) is -3.35. The molecule has 0 aromatic heterocycles. The van der Waals surface area contributed by atoms with Gasteiger partial charge < -0.3 is 4.98 Å². The number of hydrogen-bond acceptors (Lipinski definition) is 1. The van der Waals surface area contributed by atoms with Gasteiger partial charge in [-0.2, -0.15) is 0 Å². The maximum atomic E-state index is 3.29. The van der Waals surface area contributed by atoms with E-state index in [-0.39, 0.29) is 7.99 Å². The summed E-state index contributed by atoms with van der Waals surface area (Å²) in [6.45, 7) is 0. The third-order valence-electron chi connectivity index (χ3n) is 0.577. The van der Waals surface area contributed by atoms with Crippen LogP contribution in [0.4, 0.5) is 0 Å². The topological polar surface area (TPSA) is 12.0 Å². The van der Waals surface area contributed by atoms with E-state index < -0.39 is 0 Å². The lowest BCUT2D eigenvalue weighted by Crippen LogP contribution is -2.31. The minimum atomic E-state index is -0.122. The van der Waals surface area contributed by atoms with E-state index >= 15 is 0 Å². The lowest BCUT2D eigenvalue weighted by molar-refractivity contribution is 1.26. The first-order valence-corrected chi connectivity index (χ1v) is 11.8. The largest absolute Gasteiger partial charge is 0.348 e. The molecule has 0 saturated carbocycles. The van der Waals surface area contributed by atoms with Gasteiger partial charge in [-0.3, -0.25) is 0 Å². The predicted molar refractivity (Wildman–Crippen MR) is 36.1 cm³/mol. The van der Waals surface area contributed by atoms with Crippen LogP contribution in [-0.2, 0) is 0 Å². The summed E-state index contributed by atoms with van der Waals surface area (Å²) in [6, 6.07) is 0. The van der Waals surface area contributed by atoms with Gasteiger partial charge in [-0.1, -0.05) is 0 Å². The lowest BCUT2D eigenvalue weighted by atomic mass is 11.6. The van der Waals surface area contributed by atoms with Gasteiger partial charge in [0.1, 0.15) is 0 Å².